The molecule has 0 bridgehead atoms. The van der Waals surface area contributed by atoms with Gasteiger partial charge < -0.3 is 24.3 Å². The van der Waals surface area contributed by atoms with E-state index in [1.807, 2.05) is 32.9 Å². The van der Waals surface area contributed by atoms with Crippen LogP contribution in [0, 0.1) is 27.7 Å². The Hall–Kier alpha value is -4.14. The van der Waals surface area contributed by atoms with Crippen molar-refractivity contribution < 1.29 is 23.3 Å². The third-order valence-electron chi connectivity index (χ3n) is 5.22. The number of carbonyl (C=O) groups excluding carboxylic acids is 2. The summed E-state index contributed by atoms with van der Waals surface area (Å²) in [5.74, 6) is 1.10. The topological polar surface area (TPSA) is 119 Å². The molecule has 0 unspecified atom stereocenters. The molecule has 0 saturated heterocycles. The van der Waals surface area contributed by atoms with Crippen molar-refractivity contribution in [3.05, 3.63) is 58.7 Å². The monoisotopic (exact) mass is 448 g/mol. The summed E-state index contributed by atoms with van der Waals surface area (Å²) in [5, 5.41) is 9.87. The molecule has 0 aliphatic carbocycles. The number of nitrogens with one attached hydrogen (secondary N) is 2. The number of amides is 2. The number of fused-ring (bicyclic) bond motifs is 1. The van der Waals surface area contributed by atoms with Crippen LogP contribution < -0.4 is 15.4 Å². The first-order valence-electron chi connectivity index (χ1n) is 10.3. The first kappa shape index (κ1) is 22.1. The predicted octanol–water partition coefficient (Wildman–Crippen LogP) is 4.09. The fourth-order valence-electron chi connectivity index (χ4n) is 3.67. The van der Waals surface area contributed by atoms with Crippen LogP contribution in [0.1, 0.15) is 33.1 Å². The van der Waals surface area contributed by atoms with E-state index in [1.165, 1.54) is 7.11 Å². The smallest absolute Gasteiger partial charge is 0.259 e. The van der Waals surface area contributed by atoms with E-state index < -0.39 is 5.91 Å². The van der Waals surface area contributed by atoms with Crippen LogP contribution >= 0.6 is 0 Å². The lowest BCUT2D eigenvalue weighted by atomic mass is 10.1. The van der Waals surface area contributed by atoms with Crippen molar-refractivity contribution in [1.82, 2.24) is 15.5 Å². The molecule has 0 aliphatic heterocycles. The van der Waals surface area contributed by atoms with Crippen molar-refractivity contribution in [3.8, 4) is 17.0 Å². The number of pyridine rings is 1. The molecule has 170 valence electrons. The second-order valence-corrected chi connectivity index (χ2v) is 7.76. The van der Waals surface area contributed by atoms with Crippen LogP contribution in [0.5, 0.6) is 5.75 Å². The maximum absolute atomic E-state index is 13.1. The zero-order valence-corrected chi connectivity index (χ0v) is 19.0. The maximum Gasteiger partial charge on any atom is 0.259 e. The van der Waals surface area contributed by atoms with Gasteiger partial charge in [0.15, 0.2) is 0 Å². The maximum atomic E-state index is 13.1. The highest BCUT2D eigenvalue weighted by Gasteiger charge is 2.21. The van der Waals surface area contributed by atoms with E-state index >= 15 is 0 Å². The van der Waals surface area contributed by atoms with Gasteiger partial charge in [-0.05, 0) is 57.5 Å². The van der Waals surface area contributed by atoms with Crippen molar-refractivity contribution in [1.29, 1.82) is 0 Å². The lowest BCUT2D eigenvalue weighted by molar-refractivity contribution is -0.115. The highest BCUT2D eigenvalue weighted by atomic mass is 16.5. The van der Waals surface area contributed by atoms with Crippen molar-refractivity contribution >= 4 is 28.6 Å². The number of carbonyl (C=O) groups is 2. The number of aryl methyl sites for hydroxylation is 4. The molecule has 0 atom stereocenters. The third kappa shape index (κ3) is 4.43. The number of benzene rings is 1. The lowest BCUT2D eigenvalue weighted by Crippen LogP contribution is -2.33. The molecule has 2 N–H and O–H groups in total. The molecule has 4 aromatic rings. The number of hydrogen-bond donors (Lipinski definition) is 2. The van der Waals surface area contributed by atoms with Gasteiger partial charge in [0, 0.05) is 5.56 Å². The number of nitrogens with zero attached hydrogens (tertiary/aromatic N) is 2. The van der Waals surface area contributed by atoms with Crippen LogP contribution in [0.4, 0.5) is 5.69 Å². The Morgan fingerprint density at radius 2 is 1.88 bits per heavy atom. The van der Waals surface area contributed by atoms with Crippen LogP contribution in [-0.2, 0) is 4.79 Å². The van der Waals surface area contributed by atoms with E-state index in [4.69, 9.17) is 13.7 Å². The Balaban J connectivity index is 1.58. The van der Waals surface area contributed by atoms with Crippen molar-refractivity contribution in [2.75, 3.05) is 19.0 Å². The number of ether oxygens (including phenoxy) is 1. The van der Waals surface area contributed by atoms with Gasteiger partial charge in [0.25, 0.3) is 11.6 Å². The second kappa shape index (κ2) is 8.78. The first-order chi connectivity index (χ1) is 15.8. The molecule has 9 nitrogen and oxygen atoms in total. The lowest BCUT2D eigenvalue weighted by Gasteiger charge is -2.12. The summed E-state index contributed by atoms with van der Waals surface area (Å²) in [5.41, 5.74) is 3.85. The van der Waals surface area contributed by atoms with E-state index in [9.17, 15) is 9.59 Å². The van der Waals surface area contributed by atoms with Gasteiger partial charge in [-0.1, -0.05) is 11.2 Å². The van der Waals surface area contributed by atoms with Crippen LogP contribution in [-0.4, -0.2) is 35.6 Å². The number of furan rings is 1. The molecule has 0 fully saturated rings. The molecular formula is C24H24N4O5. The van der Waals surface area contributed by atoms with Gasteiger partial charge in [0.2, 0.25) is 5.91 Å². The summed E-state index contributed by atoms with van der Waals surface area (Å²) in [6.45, 7) is 7.07. The summed E-state index contributed by atoms with van der Waals surface area (Å²) in [7, 11) is 1.53. The molecule has 2 amide bonds. The van der Waals surface area contributed by atoms with E-state index in [0.29, 0.717) is 39.5 Å². The summed E-state index contributed by atoms with van der Waals surface area (Å²) in [6.07, 6.45) is 0. The minimum atomic E-state index is -0.445. The average molecular weight is 448 g/mol. The van der Waals surface area contributed by atoms with Gasteiger partial charge in [-0.3, -0.25) is 9.59 Å². The fraction of sp³-hybridized carbons (Fsp3) is 0.250. The number of methoxy groups -OCH3 is 1. The molecule has 3 heterocycles. The van der Waals surface area contributed by atoms with E-state index in [2.05, 4.69) is 20.8 Å². The minimum absolute atomic E-state index is 0.233. The highest BCUT2D eigenvalue weighted by Crippen LogP contribution is 2.30. The quantitative estimate of drug-likeness (QED) is 0.456. The second-order valence-electron chi connectivity index (χ2n) is 7.76. The molecule has 33 heavy (non-hydrogen) atoms. The van der Waals surface area contributed by atoms with Gasteiger partial charge in [-0.25, -0.2) is 4.98 Å². The highest BCUT2D eigenvalue weighted by molar-refractivity contribution is 6.08. The summed E-state index contributed by atoms with van der Waals surface area (Å²) in [6, 6.07) is 8.95. The van der Waals surface area contributed by atoms with Crippen molar-refractivity contribution in [2.45, 2.75) is 27.7 Å². The molecule has 0 saturated carbocycles. The molecule has 3 aromatic heterocycles. The Kier molecular flexibility index (Phi) is 5.87. The number of rotatable bonds is 6. The molecule has 9 heteroatoms. The van der Waals surface area contributed by atoms with Gasteiger partial charge in [0.05, 0.1) is 41.7 Å². The van der Waals surface area contributed by atoms with E-state index in [0.717, 1.165) is 16.9 Å². The fourth-order valence-corrected chi connectivity index (χ4v) is 3.67. The average Bonchev–Trinajstić information content (AvgIpc) is 3.32. The number of aromatic nitrogens is 2. The number of anilines is 1. The Morgan fingerprint density at radius 1 is 1.09 bits per heavy atom. The summed E-state index contributed by atoms with van der Waals surface area (Å²) < 4.78 is 16.2. The largest absolute Gasteiger partial charge is 0.495 e. The predicted molar refractivity (Wildman–Crippen MR) is 122 cm³/mol. The van der Waals surface area contributed by atoms with Crippen molar-refractivity contribution in [3.63, 3.8) is 0 Å². The standard InChI is InChI=1S/C24H24N4O5/c1-12-6-7-20(31-5)19(8-12)26-21(29)11-25-23(30)17-10-18(16-9-13(2)32-15(16)4)27-24-22(17)14(3)28-33-24/h6-10H,11H2,1-5H3,(H,25,30)(H,26,29). The van der Waals surface area contributed by atoms with Gasteiger partial charge >= 0.3 is 0 Å². The zero-order valence-electron chi connectivity index (χ0n) is 19.0. The zero-order chi connectivity index (χ0) is 23.7. The molecule has 4 rings (SSSR count). The van der Waals surface area contributed by atoms with Crippen molar-refractivity contribution in [2.24, 2.45) is 0 Å². The SMILES string of the molecule is COc1ccc(C)cc1NC(=O)CNC(=O)c1cc(-c2cc(C)oc2C)nc2onc(C)c12. The van der Waals surface area contributed by atoms with Crippen LogP contribution in [0.25, 0.3) is 22.4 Å². The van der Waals surface area contributed by atoms with Gasteiger partial charge in [0.1, 0.15) is 17.3 Å². The van der Waals surface area contributed by atoms with Crippen LogP contribution in [0.15, 0.2) is 39.3 Å². The molecule has 1 aromatic carbocycles. The van der Waals surface area contributed by atoms with Gasteiger partial charge in [-0.15, -0.1) is 0 Å². The number of hydrogen-bond acceptors (Lipinski definition) is 7. The molecule has 0 spiro atoms. The normalized spacial score (nSPS) is 10.9. The van der Waals surface area contributed by atoms with E-state index in [1.54, 1.807) is 25.1 Å². The summed E-state index contributed by atoms with van der Waals surface area (Å²) >= 11 is 0. The third-order valence-corrected chi connectivity index (χ3v) is 5.22. The van der Waals surface area contributed by atoms with Crippen LogP contribution in [0.2, 0.25) is 0 Å². The van der Waals surface area contributed by atoms with Crippen LogP contribution in [0.3, 0.4) is 0 Å². The summed E-state index contributed by atoms with van der Waals surface area (Å²) in [4.78, 5) is 30.1. The Morgan fingerprint density at radius 3 is 2.58 bits per heavy atom. The first-order valence-corrected chi connectivity index (χ1v) is 10.3. The van der Waals surface area contributed by atoms with Gasteiger partial charge in [-0.2, -0.15) is 0 Å². The molecular weight excluding hydrogens is 424 g/mol. The Bertz CT molecular complexity index is 1370. The molecule has 0 aliphatic rings. The van der Waals surface area contributed by atoms with E-state index in [-0.39, 0.29) is 18.2 Å². The molecule has 0 radical (unpaired) electrons. The minimum Gasteiger partial charge on any atom is -0.495 e. The Labute approximate surface area is 190 Å².